The largest absolute Gasteiger partial charge is 0.480 e. The number of likely N-dealkylation sites (tertiary alicyclic amines) is 1. The number of hydrogen-bond acceptors (Lipinski definition) is 7. The predicted octanol–water partition coefficient (Wildman–Crippen LogP) is -0.536. The van der Waals surface area contributed by atoms with Crippen molar-refractivity contribution in [3.63, 3.8) is 0 Å². The Kier molecular flexibility index (Phi) is 11.9. The van der Waals surface area contributed by atoms with E-state index in [0.29, 0.717) is 51.6 Å². The summed E-state index contributed by atoms with van der Waals surface area (Å²) in [7, 11) is 0. The maximum atomic E-state index is 12.9. The van der Waals surface area contributed by atoms with Crippen LogP contribution >= 0.6 is 12.6 Å². The highest BCUT2D eigenvalue weighted by Gasteiger charge is 2.38. The molecule has 0 aromatic rings. The second-order valence-electron chi connectivity index (χ2n) is 8.35. The summed E-state index contributed by atoms with van der Waals surface area (Å²) in [6, 6.07) is -3.51. The second-order valence-corrected chi connectivity index (χ2v) is 8.72. The SMILES string of the molecule is CC(C)CC(N)C(=O)NC(CCCCN)C(=O)NC(CS)C(=O)N1CCCC1C(=O)O. The molecule has 1 aliphatic rings. The first kappa shape index (κ1) is 27.2. The summed E-state index contributed by atoms with van der Waals surface area (Å²) in [6.07, 6.45) is 3.08. The molecule has 1 saturated heterocycles. The molecule has 31 heavy (non-hydrogen) atoms. The molecule has 0 spiro atoms. The Balaban J connectivity index is 2.84. The van der Waals surface area contributed by atoms with Crippen LogP contribution in [0.25, 0.3) is 0 Å². The molecule has 0 aromatic carbocycles. The van der Waals surface area contributed by atoms with Crippen molar-refractivity contribution in [1.82, 2.24) is 15.5 Å². The highest BCUT2D eigenvalue weighted by Crippen LogP contribution is 2.19. The van der Waals surface area contributed by atoms with E-state index in [2.05, 4.69) is 23.3 Å². The Morgan fingerprint density at radius 1 is 1.13 bits per heavy atom. The molecule has 0 aliphatic carbocycles. The van der Waals surface area contributed by atoms with Crippen LogP contribution in [0.1, 0.15) is 52.4 Å². The number of aliphatic carboxylic acids is 1. The topological polar surface area (TPSA) is 168 Å². The van der Waals surface area contributed by atoms with Gasteiger partial charge in [0.05, 0.1) is 6.04 Å². The van der Waals surface area contributed by atoms with E-state index < -0.39 is 47.9 Å². The Bertz CT molecular complexity index is 633. The lowest BCUT2D eigenvalue weighted by Crippen LogP contribution is -2.57. The minimum absolute atomic E-state index is 0.00371. The minimum Gasteiger partial charge on any atom is -0.480 e. The Hall–Kier alpha value is -1.85. The molecule has 0 aromatic heterocycles. The van der Waals surface area contributed by atoms with Gasteiger partial charge in [-0.1, -0.05) is 13.8 Å². The lowest BCUT2D eigenvalue weighted by Gasteiger charge is -2.28. The molecule has 0 bridgehead atoms. The van der Waals surface area contributed by atoms with Gasteiger partial charge in [0.25, 0.3) is 0 Å². The molecular formula is C20H37N5O5S. The molecule has 7 N–H and O–H groups in total. The summed E-state index contributed by atoms with van der Waals surface area (Å²) in [5.74, 6) is -2.29. The Morgan fingerprint density at radius 3 is 2.32 bits per heavy atom. The lowest BCUT2D eigenvalue weighted by atomic mass is 10.0. The van der Waals surface area contributed by atoms with Crippen LogP contribution in [-0.4, -0.2) is 76.7 Å². The Labute approximate surface area is 189 Å². The van der Waals surface area contributed by atoms with Crippen molar-refractivity contribution in [2.45, 2.75) is 76.5 Å². The van der Waals surface area contributed by atoms with Crippen molar-refractivity contribution in [2.24, 2.45) is 17.4 Å². The molecule has 10 nitrogen and oxygen atoms in total. The third-order valence-electron chi connectivity index (χ3n) is 5.26. The van der Waals surface area contributed by atoms with Crippen LogP contribution in [-0.2, 0) is 19.2 Å². The van der Waals surface area contributed by atoms with Gasteiger partial charge < -0.3 is 32.1 Å². The van der Waals surface area contributed by atoms with Gasteiger partial charge in [-0.05, 0) is 51.0 Å². The van der Waals surface area contributed by atoms with Crippen LogP contribution in [0.3, 0.4) is 0 Å². The zero-order chi connectivity index (χ0) is 23.6. The van der Waals surface area contributed by atoms with E-state index in [0.717, 1.165) is 0 Å². The minimum atomic E-state index is -1.07. The van der Waals surface area contributed by atoms with Crippen molar-refractivity contribution in [2.75, 3.05) is 18.8 Å². The highest BCUT2D eigenvalue weighted by molar-refractivity contribution is 7.80. The van der Waals surface area contributed by atoms with E-state index in [1.54, 1.807) is 0 Å². The molecule has 178 valence electrons. The van der Waals surface area contributed by atoms with Gasteiger partial charge in [-0.2, -0.15) is 12.6 Å². The number of thiol groups is 1. The van der Waals surface area contributed by atoms with E-state index in [1.165, 1.54) is 4.90 Å². The smallest absolute Gasteiger partial charge is 0.326 e. The molecule has 4 atom stereocenters. The van der Waals surface area contributed by atoms with Gasteiger partial charge in [0.1, 0.15) is 18.1 Å². The molecule has 0 saturated carbocycles. The van der Waals surface area contributed by atoms with E-state index >= 15 is 0 Å². The molecule has 1 rings (SSSR count). The van der Waals surface area contributed by atoms with Crippen LogP contribution in [0.2, 0.25) is 0 Å². The third kappa shape index (κ3) is 8.66. The normalized spacial score (nSPS) is 19.0. The standard InChI is InChI=1S/C20H37N5O5S/c1-12(2)10-13(22)17(26)23-14(6-3-4-8-21)18(27)24-15(11-31)19(28)25-9-5-7-16(25)20(29)30/h12-16,31H,3-11,21-22H2,1-2H3,(H,23,26)(H,24,27)(H,29,30). The summed E-state index contributed by atoms with van der Waals surface area (Å²) in [4.78, 5) is 50.8. The van der Waals surface area contributed by atoms with Gasteiger partial charge in [0.2, 0.25) is 17.7 Å². The average Bonchev–Trinajstić information content (AvgIpc) is 3.20. The summed E-state index contributed by atoms with van der Waals surface area (Å²) < 4.78 is 0. The third-order valence-corrected chi connectivity index (χ3v) is 5.63. The van der Waals surface area contributed by atoms with Gasteiger partial charge >= 0.3 is 5.97 Å². The van der Waals surface area contributed by atoms with Gasteiger partial charge in [0, 0.05) is 12.3 Å². The first-order valence-corrected chi connectivity index (χ1v) is 11.5. The fraction of sp³-hybridized carbons (Fsp3) is 0.800. The van der Waals surface area contributed by atoms with Crippen molar-refractivity contribution in [1.29, 1.82) is 0 Å². The zero-order valence-corrected chi connectivity index (χ0v) is 19.3. The number of nitrogens with one attached hydrogen (secondary N) is 2. The molecule has 11 heteroatoms. The van der Waals surface area contributed by atoms with Gasteiger partial charge in [0.15, 0.2) is 0 Å². The number of nitrogens with two attached hydrogens (primary N) is 2. The molecule has 3 amide bonds. The number of hydrogen-bond donors (Lipinski definition) is 6. The molecule has 1 fully saturated rings. The molecule has 4 unspecified atom stereocenters. The molecule has 1 aliphatic heterocycles. The monoisotopic (exact) mass is 459 g/mol. The number of amides is 3. The van der Waals surface area contributed by atoms with Crippen LogP contribution in [0.15, 0.2) is 0 Å². The summed E-state index contributed by atoms with van der Waals surface area (Å²) in [5.41, 5.74) is 11.5. The van der Waals surface area contributed by atoms with Crippen molar-refractivity contribution >= 4 is 36.3 Å². The number of carboxylic acid groups (broad SMARTS) is 1. The first-order valence-electron chi connectivity index (χ1n) is 10.8. The van der Waals surface area contributed by atoms with E-state index in [-0.39, 0.29) is 11.7 Å². The van der Waals surface area contributed by atoms with Crippen LogP contribution < -0.4 is 22.1 Å². The van der Waals surface area contributed by atoms with Crippen LogP contribution in [0.4, 0.5) is 0 Å². The van der Waals surface area contributed by atoms with E-state index in [4.69, 9.17) is 11.5 Å². The van der Waals surface area contributed by atoms with Crippen molar-refractivity contribution < 1.29 is 24.3 Å². The van der Waals surface area contributed by atoms with Crippen LogP contribution in [0, 0.1) is 5.92 Å². The lowest BCUT2D eigenvalue weighted by molar-refractivity contribution is -0.149. The highest BCUT2D eigenvalue weighted by atomic mass is 32.1. The van der Waals surface area contributed by atoms with E-state index in [1.807, 2.05) is 13.8 Å². The molecule has 0 radical (unpaired) electrons. The zero-order valence-electron chi connectivity index (χ0n) is 18.4. The number of nitrogens with zero attached hydrogens (tertiary/aromatic N) is 1. The summed E-state index contributed by atoms with van der Waals surface area (Å²) >= 11 is 4.16. The fourth-order valence-electron chi connectivity index (χ4n) is 3.60. The molecule has 1 heterocycles. The van der Waals surface area contributed by atoms with Gasteiger partial charge in [-0.25, -0.2) is 4.79 Å². The van der Waals surface area contributed by atoms with E-state index in [9.17, 15) is 24.3 Å². The number of unbranched alkanes of at least 4 members (excludes halogenated alkanes) is 1. The quantitative estimate of drug-likeness (QED) is 0.159. The summed E-state index contributed by atoms with van der Waals surface area (Å²) in [6.45, 7) is 4.67. The summed E-state index contributed by atoms with van der Waals surface area (Å²) in [5, 5.41) is 14.6. The number of rotatable bonds is 13. The van der Waals surface area contributed by atoms with Crippen LogP contribution in [0.5, 0.6) is 0 Å². The van der Waals surface area contributed by atoms with Crippen molar-refractivity contribution in [3.05, 3.63) is 0 Å². The fourth-order valence-corrected chi connectivity index (χ4v) is 3.85. The average molecular weight is 460 g/mol. The maximum absolute atomic E-state index is 12.9. The predicted molar refractivity (Wildman–Crippen MR) is 120 cm³/mol. The first-order chi connectivity index (χ1) is 14.6. The second kappa shape index (κ2) is 13.5. The van der Waals surface area contributed by atoms with Crippen molar-refractivity contribution in [3.8, 4) is 0 Å². The number of carboxylic acids is 1. The van der Waals surface area contributed by atoms with Gasteiger partial charge in [-0.3, -0.25) is 14.4 Å². The number of carbonyl (C=O) groups is 4. The molecular weight excluding hydrogens is 422 g/mol. The number of carbonyl (C=O) groups excluding carboxylic acids is 3. The van der Waals surface area contributed by atoms with Gasteiger partial charge in [-0.15, -0.1) is 0 Å². The Morgan fingerprint density at radius 2 is 1.77 bits per heavy atom. The maximum Gasteiger partial charge on any atom is 0.326 e.